The number of nitrogens with two attached hydrogens (primary N) is 1. The second-order valence-electron chi connectivity index (χ2n) is 4.13. The maximum atomic E-state index is 11.6. The molecule has 1 heterocycles. The summed E-state index contributed by atoms with van der Waals surface area (Å²) in [7, 11) is 1.84. The van der Waals surface area contributed by atoms with Gasteiger partial charge in [0.15, 0.2) is 0 Å². The van der Waals surface area contributed by atoms with Gasteiger partial charge in [0.25, 0.3) is 0 Å². The molecule has 1 amide bonds. The first kappa shape index (κ1) is 12.5. The molecule has 0 bridgehead atoms. The minimum absolute atomic E-state index is 0.207. The molecule has 0 aromatic carbocycles. The van der Waals surface area contributed by atoms with Crippen LogP contribution in [0.2, 0.25) is 0 Å². The summed E-state index contributed by atoms with van der Waals surface area (Å²) in [5.41, 5.74) is 5.39. The molecule has 1 fully saturated rings. The minimum Gasteiger partial charge on any atom is -0.378 e. The minimum atomic E-state index is 0.207. The smallest absolute Gasteiger partial charge is 0.222 e. The molecular formula is C11H22N2O2. The van der Waals surface area contributed by atoms with Gasteiger partial charge >= 0.3 is 0 Å². The van der Waals surface area contributed by atoms with Crippen LogP contribution >= 0.6 is 0 Å². The van der Waals surface area contributed by atoms with E-state index in [1.54, 1.807) is 4.90 Å². The number of carbonyl (C=O) groups is 1. The van der Waals surface area contributed by atoms with Crippen LogP contribution in [-0.4, -0.2) is 43.7 Å². The van der Waals surface area contributed by atoms with Crippen LogP contribution in [0.1, 0.15) is 32.1 Å². The summed E-state index contributed by atoms with van der Waals surface area (Å²) in [6.07, 6.45) is 4.92. The quantitative estimate of drug-likeness (QED) is 0.710. The molecular weight excluding hydrogens is 192 g/mol. The van der Waals surface area contributed by atoms with Gasteiger partial charge in [0, 0.05) is 26.6 Å². The first-order valence-corrected chi connectivity index (χ1v) is 5.79. The van der Waals surface area contributed by atoms with Gasteiger partial charge < -0.3 is 15.4 Å². The summed E-state index contributed by atoms with van der Waals surface area (Å²) in [6.45, 7) is 2.27. The van der Waals surface area contributed by atoms with Crippen molar-refractivity contribution in [1.82, 2.24) is 4.90 Å². The van der Waals surface area contributed by atoms with Gasteiger partial charge in [-0.3, -0.25) is 4.79 Å². The van der Waals surface area contributed by atoms with E-state index >= 15 is 0 Å². The van der Waals surface area contributed by atoms with E-state index in [0.29, 0.717) is 19.1 Å². The second kappa shape index (κ2) is 6.80. The van der Waals surface area contributed by atoms with E-state index in [4.69, 9.17) is 10.5 Å². The number of amides is 1. The van der Waals surface area contributed by atoms with Crippen molar-refractivity contribution in [2.24, 2.45) is 5.73 Å². The number of hydrogen-bond acceptors (Lipinski definition) is 3. The lowest BCUT2D eigenvalue weighted by Gasteiger charge is -2.17. The Kier molecular flexibility index (Phi) is 5.65. The first-order valence-electron chi connectivity index (χ1n) is 5.79. The van der Waals surface area contributed by atoms with Gasteiger partial charge in [0.2, 0.25) is 5.91 Å². The van der Waals surface area contributed by atoms with E-state index in [1.807, 2.05) is 7.05 Å². The summed E-state index contributed by atoms with van der Waals surface area (Å²) >= 11 is 0. The molecule has 88 valence electrons. The number of ether oxygens (including phenoxy) is 1. The number of rotatable bonds is 6. The van der Waals surface area contributed by atoms with Crippen LogP contribution in [0.4, 0.5) is 0 Å². The topological polar surface area (TPSA) is 55.6 Å². The van der Waals surface area contributed by atoms with E-state index < -0.39 is 0 Å². The summed E-state index contributed by atoms with van der Waals surface area (Å²) in [6, 6.07) is 0. The predicted molar refractivity (Wildman–Crippen MR) is 59.5 cm³/mol. The number of nitrogens with zero attached hydrogens (tertiary/aromatic N) is 1. The molecule has 0 aromatic rings. The molecule has 15 heavy (non-hydrogen) atoms. The van der Waals surface area contributed by atoms with Crippen LogP contribution < -0.4 is 5.73 Å². The average Bonchev–Trinajstić information content (AvgIpc) is 2.75. The lowest BCUT2D eigenvalue weighted by molar-refractivity contribution is -0.130. The van der Waals surface area contributed by atoms with Crippen molar-refractivity contribution in [3.63, 3.8) is 0 Å². The molecule has 1 saturated heterocycles. The Morgan fingerprint density at radius 3 is 3.00 bits per heavy atom. The van der Waals surface area contributed by atoms with Gasteiger partial charge in [-0.05, 0) is 32.2 Å². The molecule has 0 radical (unpaired) electrons. The standard InChI is InChI=1S/C11H22N2O2/c1-13(8-3-7-12)11(14)6-5-10-4-2-9-15-10/h10H,2-9,12H2,1H3. The van der Waals surface area contributed by atoms with Crippen LogP contribution in [-0.2, 0) is 9.53 Å². The molecule has 0 aliphatic carbocycles. The third kappa shape index (κ3) is 4.62. The Labute approximate surface area is 91.8 Å². The Balaban J connectivity index is 2.11. The third-order valence-corrected chi connectivity index (χ3v) is 2.83. The maximum absolute atomic E-state index is 11.6. The van der Waals surface area contributed by atoms with E-state index in [1.165, 1.54) is 0 Å². The van der Waals surface area contributed by atoms with Crippen molar-refractivity contribution >= 4 is 5.91 Å². The number of hydrogen-bond donors (Lipinski definition) is 1. The molecule has 0 aromatic heterocycles. The van der Waals surface area contributed by atoms with Crippen LogP contribution in [0, 0.1) is 0 Å². The van der Waals surface area contributed by atoms with Gasteiger partial charge in [-0.25, -0.2) is 0 Å². The van der Waals surface area contributed by atoms with Crippen LogP contribution in [0.15, 0.2) is 0 Å². The summed E-state index contributed by atoms with van der Waals surface area (Å²) in [5.74, 6) is 0.207. The zero-order chi connectivity index (χ0) is 11.1. The molecule has 4 nitrogen and oxygen atoms in total. The molecule has 1 atom stereocenters. The Bertz CT molecular complexity index is 191. The SMILES string of the molecule is CN(CCCN)C(=O)CCC1CCCO1. The van der Waals surface area contributed by atoms with Gasteiger partial charge in [0.05, 0.1) is 6.10 Å². The fourth-order valence-electron chi connectivity index (χ4n) is 1.80. The highest BCUT2D eigenvalue weighted by atomic mass is 16.5. The third-order valence-electron chi connectivity index (χ3n) is 2.83. The van der Waals surface area contributed by atoms with Crippen LogP contribution in [0.25, 0.3) is 0 Å². The van der Waals surface area contributed by atoms with E-state index in [9.17, 15) is 4.79 Å². The highest BCUT2D eigenvalue weighted by molar-refractivity contribution is 5.75. The fourth-order valence-corrected chi connectivity index (χ4v) is 1.80. The van der Waals surface area contributed by atoms with E-state index in [2.05, 4.69) is 0 Å². The van der Waals surface area contributed by atoms with Crippen molar-refractivity contribution in [3.05, 3.63) is 0 Å². The highest BCUT2D eigenvalue weighted by Crippen LogP contribution is 2.17. The fraction of sp³-hybridized carbons (Fsp3) is 0.909. The van der Waals surface area contributed by atoms with E-state index in [-0.39, 0.29) is 5.91 Å². The van der Waals surface area contributed by atoms with Gasteiger partial charge in [0.1, 0.15) is 0 Å². The molecule has 1 unspecified atom stereocenters. The maximum Gasteiger partial charge on any atom is 0.222 e. The Morgan fingerprint density at radius 1 is 1.60 bits per heavy atom. The largest absolute Gasteiger partial charge is 0.378 e. The normalized spacial score (nSPS) is 20.5. The molecule has 1 rings (SSSR count). The molecule has 1 aliphatic rings. The predicted octanol–water partition coefficient (Wildman–Crippen LogP) is 0.753. The summed E-state index contributed by atoms with van der Waals surface area (Å²) < 4.78 is 5.47. The lowest BCUT2D eigenvalue weighted by Crippen LogP contribution is -2.29. The van der Waals surface area contributed by atoms with E-state index in [0.717, 1.165) is 38.8 Å². The summed E-state index contributed by atoms with van der Waals surface area (Å²) in [4.78, 5) is 13.4. The van der Waals surface area contributed by atoms with Crippen molar-refractivity contribution in [3.8, 4) is 0 Å². The monoisotopic (exact) mass is 214 g/mol. The second-order valence-corrected chi connectivity index (χ2v) is 4.13. The number of carbonyl (C=O) groups excluding carboxylic acids is 1. The molecule has 4 heteroatoms. The Hall–Kier alpha value is -0.610. The van der Waals surface area contributed by atoms with Crippen molar-refractivity contribution in [1.29, 1.82) is 0 Å². The molecule has 0 saturated carbocycles. The van der Waals surface area contributed by atoms with Gasteiger partial charge in [-0.2, -0.15) is 0 Å². The van der Waals surface area contributed by atoms with Crippen molar-refractivity contribution in [2.75, 3.05) is 26.7 Å². The van der Waals surface area contributed by atoms with Crippen molar-refractivity contribution in [2.45, 2.75) is 38.2 Å². The average molecular weight is 214 g/mol. The highest BCUT2D eigenvalue weighted by Gasteiger charge is 2.17. The van der Waals surface area contributed by atoms with Crippen LogP contribution in [0.3, 0.4) is 0 Å². The molecule has 0 spiro atoms. The molecule has 2 N–H and O–H groups in total. The Morgan fingerprint density at radius 2 is 2.40 bits per heavy atom. The van der Waals surface area contributed by atoms with Gasteiger partial charge in [-0.1, -0.05) is 0 Å². The summed E-state index contributed by atoms with van der Waals surface area (Å²) in [5, 5.41) is 0. The van der Waals surface area contributed by atoms with Crippen LogP contribution in [0.5, 0.6) is 0 Å². The van der Waals surface area contributed by atoms with Crippen molar-refractivity contribution < 1.29 is 9.53 Å². The molecule has 1 aliphatic heterocycles. The zero-order valence-corrected chi connectivity index (χ0v) is 9.58. The zero-order valence-electron chi connectivity index (χ0n) is 9.58. The first-order chi connectivity index (χ1) is 7.24. The van der Waals surface area contributed by atoms with Gasteiger partial charge in [-0.15, -0.1) is 0 Å². The lowest BCUT2D eigenvalue weighted by atomic mass is 10.1.